The number of rotatable bonds is 5. The molecule has 1 fully saturated rings. The Kier molecular flexibility index (Phi) is 6.69. The van der Waals surface area contributed by atoms with E-state index in [9.17, 15) is 9.59 Å². The van der Waals surface area contributed by atoms with Gasteiger partial charge in [-0.25, -0.2) is 14.8 Å². The molecule has 0 saturated carbocycles. The Hall–Kier alpha value is -2.22. The Morgan fingerprint density at radius 2 is 1.88 bits per heavy atom. The van der Waals surface area contributed by atoms with Gasteiger partial charge in [-0.05, 0) is 13.8 Å². The minimum atomic E-state index is -0.441. The van der Waals surface area contributed by atoms with Crippen molar-refractivity contribution < 1.29 is 9.59 Å². The molecule has 3 amide bonds. The van der Waals surface area contributed by atoms with Gasteiger partial charge >= 0.3 is 6.03 Å². The highest BCUT2D eigenvalue weighted by atomic mass is 16.2. The number of anilines is 1. The minimum absolute atomic E-state index is 0.227. The number of aromatic nitrogens is 2. The maximum Gasteiger partial charge on any atom is 0.321 e. The van der Waals surface area contributed by atoms with E-state index in [0.717, 1.165) is 43.5 Å². The number of aryl methyl sites for hydroxylation is 1. The average molecular weight is 348 g/mol. The first-order chi connectivity index (χ1) is 11.9. The highest BCUT2D eigenvalue weighted by Gasteiger charge is 2.21. The standard InChI is InChI=1S/C17H28N6O2/c1-5-18-17(25)21-15(24)11-22-6-8-23(9-7-22)14-10-13(4)19-16(20-14)12(2)3/h10,12H,5-9,11H2,1-4H3,(H2,18,21,24,25). The van der Waals surface area contributed by atoms with Crippen LogP contribution in [0.25, 0.3) is 0 Å². The predicted octanol–water partition coefficient (Wildman–Crippen LogP) is 0.876. The van der Waals surface area contributed by atoms with Crippen molar-refractivity contribution in [2.24, 2.45) is 0 Å². The van der Waals surface area contributed by atoms with E-state index in [0.29, 0.717) is 6.54 Å². The van der Waals surface area contributed by atoms with Crippen molar-refractivity contribution in [3.8, 4) is 0 Å². The van der Waals surface area contributed by atoms with Crippen LogP contribution in [-0.4, -0.2) is 66.1 Å². The summed E-state index contributed by atoms with van der Waals surface area (Å²) in [5.74, 6) is 1.82. The van der Waals surface area contributed by atoms with Gasteiger partial charge in [-0.2, -0.15) is 0 Å². The second-order valence-corrected chi connectivity index (χ2v) is 6.55. The summed E-state index contributed by atoms with van der Waals surface area (Å²) in [6, 6.07) is 1.56. The van der Waals surface area contributed by atoms with E-state index in [1.165, 1.54) is 0 Å². The van der Waals surface area contributed by atoms with E-state index in [4.69, 9.17) is 0 Å². The summed E-state index contributed by atoms with van der Waals surface area (Å²) >= 11 is 0. The van der Waals surface area contributed by atoms with Crippen molar-refractivity contribution in [1.29, 1.82) is 0 Å². The molecule has 0 spiro atoms. The lowest BCUT2D eigenvalue weighted by molar-refractivity contribution is -0.121. The van der Waals surface area contributed by atoms with Crippen LogP contribution < -0.4 is 15.5 Å². The number of amides is 3. The van der Waals surface area contributed by atoms with Crippen molar-refractivity contribution in [1.82, 2.24) is 25.5 Å². The van der Waals surface area contributed by atoms with Crippen molar-refractivity contribution in [3.63, 3.8) is 0 Å². The van der Waals surface area contributed by atoms with E-state index in [1.807, 2.05) is 24.8 Å². The number of carbonyl (C=O) groups excluding carboxylic acids is 2. The number of carbonyl (C=O) groups is 2. The number of nitrogens with one attached hydrogen (secondary N) is 2. The molecule has 0 aromatic carbocycles. The number of nitrogens with zero attached hydrogens (tertiary/aromatic N) is 4. The first-order valence-corrected chi connectivity index (χ1v) is 8.79. The van der Waals surface area contributed by atoms with Crippen LogP contribution in [0, 0.1) is 6.92 Å². The van der Waals surface area contributed by atoms with Gasteiger partial charge in [-0.1, -0.05) is 13.8 Å². The number of urea groups is 1. The molecule has 0 unspecified atom stereocenters. The summed E-state index contributed by atoms with van der Waals surface area (Å²) in [5, 5.41) is 4.88. The second-order valence-electron chi connectivity index (χ2n) is 6.55. The Morgan fingerprint density at radius 3 is 2.48 bits per heavy atom. The molecule has 0 aliphatic carbocycles. The summed E-state index contributed by atoms with van der Waals surface area (Å²) < 4.78 is 0. The molecule has 1 aromatic heterocycles. The first-order valence-electron chi connectivity index (χ1n) is 8.79. The lowest BCUT2D eigenvalue weighted by atomic mass is 10.2. The van der Waals surface area contributed by atoms with Crippen molar-refractivity contribution in [2.45, 2.75) is 33.6 Å². The molecule has 2 N–H and O–H groups in total. The Bertz CT molecular complexity index is 611. The van der Waals surface area contributed by atoms with Crippen LogP contribution in [0.15, 0.2) is 6.07 Å². The van der Waals surface area contributed by atoms with Gasteiger partial charge in [0.2, 0.25) is 5.91 Å². The number of piperazine rings is 1. The summed E-state index contributed by atoms with van der Waals surface area (Å²) in [6.45, 7) is 11.8. The summed E-state index contributed by atoms with van der Waals surface area (Å²) in [5.41, 5.74) is 0.970. The summed E-state index contributed by atoms with van der Waals surface area (Å²) in [4.78, 5) is 36.6. The molecule has 1 aliphatic heterocycles. The zero-order valence-electron chi connectivity index (χ0n) is 15.5. The van der Waals surface area contributed by atoms with E-state index in [2.05, 4.69) is 39.3 Å². The van der Waals surface area contributed by atoms with E-state index >= 15 is 0 Å². The minimum Gasteiger partial charge on any atom is -0.354 e. The molecule has 0 bridgehead atoms. The topological polar surface area (TPSA) is 90.5 Å². The third kappa shape index (κ3) is 5.67. The van der Waals surface area contributed by atoms with Crippen LogP contribution >= 0.6 is 0 Å². The van der Waals surface area contributed by atoms with Gasteiger partial charge in [0.1, 0.15) is 11.6 Å². The average Bonchev–Trinajstić information content (AvgIpc) is 2.55. The zero-order chi connectivity index (χ0) is 18.4. The molecule has 2 heterocycles. The molecule has 0 atom stereocenters. The van der Waals surface area contributed by atoms with Crippen molar-refractivity contribution >= 4 is 17.8 Å². The zero-order valence-corrected chi connectivity index (χ0v) is 15.5. The molecule has 0 radical (unpaired) electrons. The Labute approximate surface area is 149 Å². The van der Waals surface area contributed by atoms with Crippen LogP contribution in [0.2, 0.25) is 0 Å². The molecular formula is C17H28N6O2. The third-order valence-electron chi connectivity index (χ3n) is 4.03. The number of hydrogen-bond donors (Lipinski definition) is 2. The van der Waals surface area contributed by atoms with Crippen molar-refractivity contribution in [2.75, 3.05) is 44.2 Å². The van der Waals surface area contributed by atoms with Crippen LogP contribution in [-0.2, 0) is 4.79 Å². The fraction of sp³-hybridized carbons (Fsp3) is 0.647. The van der Waals surface area contributed by atoms with Gasteiger partial charge in [-0.15, -0.1) is 0 Å². The molecule has 1 saturated heterocycles. The largest absolute Gasteiger partial charge is 0.354 e. The van der Waals surface area contributed by atoms with E-state index in [1.54, 1.807) is 0 Å². The summed E-state index contributed by atoms with van der Waals surface area (Å²) in [7, 11) is 0. The lowest BCUT2D eigenvalue weighted by Crippen LogP contribution is -2.51. The predicted molar refractivity (Wildman–Crippen MR) is 96.7 cm³/mol. The summed E-state index contributed by atoms with van der Waals surface area (Å²) in [6.07, 6.45) is 0. The molecule has 25 heavy (non-hydrogen) atoms. The SMILES string of the molecule is CCNC(=O)NC(=O)CN1CCN(c2cc(C)nc(C(C)C)n2)CC1. The molecule has 8 heteroatoms. The second kappa shape index (κ2) is 8.75. The molecule has 2 rings (SSSR count). The fourth-order valence-corrected chi connectivity index (χ4v) is 2.70. The van der Waals surface area contributed by atoms with E-state index < -0.39 is 6.03 Å². The third-order valence-corrected chi connectivity index (χ3v) is 4.03. The maximum atomic E-state index is 11.9. The van der Waals surface area contributed by atoms with Gasteiger partial charge < -0.3 is 10.2 Å². The lowest BCUT2D eigenvalue weighted by Gasteiger charge is -2.35. The molecular weight excluding hydrogens is 320 g/mol. The van der Waals surface area contributed by atoms with Gasteiger partial charge in [0.25, 0.3) is 0 Å². The highest BCUT2D eigenvalue weighted by molar-refractivity contribution is 5.95. The molecule has 1 aliphatic rings. The van der Waals surface area contributed by atoms with Gasteiger partial charge in [0, 0.05) is 50.4 Å². The maximum absolute atomic E-state index is 11.9. The molecule has 138 valence electrons. The smallest absolute Gasteiger partial charge is 0.321 e. The fourth-order valence-electron chi connectivity index (χ4n) is 2.70. The van der Waals surface area contributed by atoms with Crippen molar-refractivity contribution in [3.05, 3.63) is 17.6 Å². The molecule has 1 aromatic rings. The van der Waals surface area contributed by atoms with Gasteiger partial charge in [-0.3, -0.25) is 15.0 Å². The Morgan fingerprint density at radius 1 is 1.20 bits per heavy atom. The van der Waals surface area contributed by atoms with E-state index in [-0.39, 0.29) is 18.4 Å². The monoisotopic (exact) mass is 348 g/mol. The van der Waals surface area contributed by atoms with Gasteiger partial charge in [0.15, 0.2) is 0 Å². The van der Waals surface area contributed by atoms with Gasteiger partial charge in [0.05, 0.1) is 6.54 Å². The molecule has 8 nitrogen and oxygen atoms in total. The van der Waals surface area contributed by atoms with Crippen LogP contribution in [0.1, 0.15) is 38.2 Å². The number of hydrogen-bond acceptors (Lipinski definition) is 6. The Balaban J connectivity index is 1.87. The first kappa shape index (κ1) is 19.1. The number of imide groups is 1. The normalized spacial score (nSPS) is 15.3. The van der Waals surface area contributed by atoms with Crippen LogP contribution in [0.3, 0.4) is 0 Å². The van der Waals surface area contributed by atoms with Crippen LogP contribution in [0.4, 0.5) is 10.6 Å². The van der Waals surface area contributed by atoms with Crippen LogP contribution in [0.5, 0.6) is 0 Å². The quantitative estimate of drug-likeness (QED) is 0.821. The highest BCUT2D eigenvalue weighted by Crippen LogP contribution is 2.18.